The maximum absolute atomic E-state index is 12.9. The average molecular weight is 372 g/mol. The van der Waals surface area contributed by atoms with E-state index in [9.17, 15) is 4.79 Å². The molecule has 0 saturated heterocycles. The second-order valence-corrected chi connectivity index (χ2v) is 7.31. The standard InChI is InChI=1S/C22H16N2O2S/c1-26-17-8-2-7-15(11-17)21-23-16(13-27-21)12-24-19-10-4-6-14-5-3-9-18(20(14)19)22(24)25/h2-11,13H,12H2,1H3. The zero-order valence-electron chi connectivity index (χ0n) is 14.7. The Kier molecular flexibility index (Phi) is 3.69. The molecule has 3 aromatic carbocycles. The summed E-state index contributed by atoms with van der Waals surface area (Å²) in [5, 5.41) is 5.07. The SMILES string of the molecule is COc1cccc(-c2nc(CN3C(=O)c4cccc5cccc3c45)cs2)c1. The van der Waals surface area contributed by atoms with Crippen molar-refractivity contribution in [1.29, 1.82) is 0 Å². The predicted octanol–water partition coefficient (Wildman–Crippen LogP) is 5.13. The molecule has 4 aromatic rings. The van der Waals surface area contributed by atoms with Gasteiger partial charge in [-0.05, 0) is 29.7 Å². The minimum absolute atomic E-state index is 0.0396. The lowest BCUT2D eigenvalue weighted by Gasteiger charge is -2.16. The van der Waals surface area contributed by atoms with Crippen LogP contribution in [-0.4, -0.2) is 18.0 Å². The summed E-state index contributed by atoms with van der Waals surface area (Å²) in [4.78, 5) is 19.5. The minimum atomic E-state index is 0.0396. The number of hydrogen-bond acceptors (Lipinski definition) is 4. The summed E-state index contributed by atoms with van der Waals surface area (Å²) in [6, 6.07) is 19.8. The molecule has 1 amide bonds. The molecule has 0 saturated carbocycles. The van der Waals surface area contributed by atoms with E-state index in [1.54, 1.807) is 18.4 Å². The van der Waals surface area contributed by atoms with E-state index in [0.717, 1.165) is 44.0 Å². The molecule has 1 aliphatic rings. The molecule has 27 heavy (non-hydrogen) atoms. The summed E-state index contributed by atoms with van der Waals surface area (Å²) in [5.41, 5.74) is 3.63. The number of benzene rings is 3. The van der Waals surface area contributed by atoms with Gasteiger partial charge in [-0.2, -0.15) is 0 Å². The first-order chi connectivity index (χ1) is 13.2. The topological polar surface area (TPSA) is 42.4 Å². The summed E-state index contributed by atoms with van der Waals surface area (Å²) in [5.74, 6) is 0.846. The lowest BCUT2D eigenvalue weighted by atomic mass is 10.1. The van der Waals surface area contributed by atoms with Gasteiger partial charge in [0.25, 0.3) is 5.91 Å². The second kappa shape index (κ2) is 6.21. The van der Waals surface area contributed by atoms with Crippen LogP contribution in [0.25, 0.3) is 21.3 Å². The summed E-state index contributed by atoms with van der Waals surface area (Å²) in [7, 11) is 1.66. The third-order valence-corrected chi connectivity index (χ3v) is 5.78. The third kappa shape index (κ3) is 2.59. The van der Waals surface area contributed by atoms with Gasteiger partial charge in [0.1, 0.15) is 10.8 Å². The highest BCUT2D eigenvalue weighted by Gasteiger charge is 2.29. The molecule has 132 valence electrons. The molecule has 0 aliphatic carbocycles. The molecule has 0 fully saturated rings. The molecule has 5 rings (SSSR count). The molecule has 0 bridgehead atoms. The van der Waals surface area contributed by atoms with Crippen molar-refractivity contribution in [2.24, 2.45) is 0 Å². The smallest absolute Gasteiger partial charge is 0.259 e. The van der Waals surface area contributed by atoms with E-state index in [-0.39, 0.29) is 5.91 Å². The van der Waals surface area contributed by atoms with E-state index in [0.29, 0.717) is 6.54 Å². The van der Waals surface area contributed by atoms with Crippen molar-refractivity contribution in [2.45, 2.75) is 6.54 Å². The van der Waals surface area contributed by atoms with Gasteiger partial charge in [-0.1, -0.05) is 36.4 Å². The first-order valence-electron chi connectivity index (χ1n) is 8.67. The van der Waals surface area contributed by atoms with Crippen molar-refractivity contribution >= 4 is 33.7 Å². The largest absolute Gasteiger partial charge is 0.497 e. The lowest BCUT2D eigenvalue weighted by Crippen LogP contribution is -2.26. The molecule has 0 atom stereocenters. The zero-order chi connectivity index (χ0) is 18.4. The Bertz CT molecular complexity index is 1180. The van der Waals surface area contributed by atoms with E-state index >= 15 is 0 Å². The maximum Gasteiger partial charge on any atom is 0.259 e. The van der Waals surface area contributed by atoms with E-state index in [2.05, 4.69) is 0 Å². The summed E-state index contributed by atoms with van der Waals surface area (Å²) < 4.78 is 5.30. The number of rotatable bonds is 4. The molecule has 0 radical (unpaired) electrons. The molecular formula is C22H16N2O2S. The molecule has 0 spiro atoms. The van der Waals surface area contributed by atoms with E-state index < -0.39 is 0 Å². The van der Waals surface area contributed by atoms with Crippen molar-refractivity contribution in [3.05, 3.63) is 77.3 Å². The predicted molar refractivity (Wildman–Crippen MR) is 109 cm³/mol. The molecule has 4 nitrogen and oxygen atoms in total. The number of aromatic nitrogens is 1. The van der Waals surface area contributed by atoms with Crippen LogP contribution < -0.4 is 9.64 Å². The van der Waals surface area contributed by atoms with Crippen LogP contribution in [0.4, 0.5) is 5.69 Å². The molecule has 2 heterocycles. The average Bonchev–Trinajstić information content (AvgIpc) is 3.29. The van der Waals surface area contributed by atoms with Crippen LogP contribution in [0.1, 0.15) is 16.1 Å². The van der Waals surface area contributed by atoms with Crippen LogP contribution in [0.2, 0.25) is 0 Å². The van der Waals surface area contributed by atoms with Crippen LogP contribution >= 0.6 is 11.3 Å². The summed E-state index contributed by atoms with van der Waals surface area (Å²) in [6.45, 7) is 0.465. The van der Waals surface area contributed by atoms with Crippen LogP contribution in [0.5, 0.6) is 5.75 Å². The second-order valence-electron chi connectivity index (χ2n) is 6.45. The highest BCUT2D eigenvalue weighted by molar-refractivity contribution is 7.13. The monoisotopic (exact) mass is 372 g/mol. The zero-order valence-corrected chi connectivity index (χ0v) is 15.5. The lowest BCUT2D eigenvalue weighted by molar-refractivity contribution is 0.0991. The Hall–Kier alpha value is -3.18. The van der Waals surface area contributed by atoms with Crippen molar-refractivity contribution in [1.82, 2.24) is 4.98 Å². The fourth-order valence-electron chi connectivity index (χ4n) is 3.57. The van der Waals surface area contributed by atoms with Gasteiger partial charge >= 0.3 is 0 Å². The minimum Gasteiger partial charge on any atom is -0.497 e. The van der Waals surface area contributed by atoms with Crippen LogP contribution in [0, 0.1) is 0 Å². The quantitative estimate of drug-likeness (QED) is 0.499. The summed E-state index contributed by atoms with van der Waals surface area (Å²) in [6.07, 6.45) is 0. The van der Waals surface area contributed by atoms with Crippen molar-refractivity contribution in [3.8, 4) is 16.3 Å². The van der Waals surface area contributed by atoms with Crippen molar-refractivity contribution in [3.63, 3.8) is 0 Å². The number of anilines is 1. The molecule has 1 aliphatic heterocycles. The van der Waals surface area contributed by atoms with E-state index in [1.807, 2.05) is 70.9 Å². The van der Waals surface area contributed by atoms with Gasteiger partial charge in [-0.3, -0.25) is 4.79 Å². The molecule has 5 heteroatoms. The number of carbonyl (C=O) groups excluding carboxylic acids is 1. The van der Waals surface area contributed by atoms with Gasteiger partial charge in [0.05, 0.1) is 25.0 Å². The number of nitrogens with zero attached hydrogens (tertiary/aromatic N) is 2. The first kappa shape index (κ1) is 16.0. The molecule has 0 unspecified atom stereocenters. The normalized spacial score (nSPS) is 12.8. The fourth-order valence-corrected chi connectivity index (χ4v) is 4.37. The molecular weight excluding hydrogens is 356 g/mol. The first-order valence-corrected chi connectivity index (χ1v) is 9.55. The summed E-state index contributed by atoms with van der Waals surface area (Å²) >= 11 is 1.58. The fraction of sp³-hybridized carbons (Fsp3) is 0.0909. The van der Waals surface area contributed by atoms with Crippen LogP contribution in [0.3, 0.4) is 0 Å². The van der Waals surface area contributed by atoms with Gasteiger partial charge < -0.3 is 9.64 Å². The van der Waals surface area contributed by atoms with Gasteiger partial charge in [-0.15, -0.1) is 11.3 Å². The van der Waals surface area contributed by atoms with E-state index in [4.69, 9.17) is 9.72 Å². The highest BCUT2D eigenvalue weighted by Crippen LogP contribution is 2.38. The van der Waals surface area contributed by atoms with E-state index in [1.165, 1.54) is 0 Å². The molecule has 0 N–H and O–H groups in total. The Morgan fingerprint density at radius 2 is 1.89 bits per heavy atom. The Morgan fingerprint density at radius 1 is 1.07 bits per heavy atom. The van der Waals surface area contributed by atoms with Crippen LogP contribution in [-0.2, 0) is 6.54 Å². The van der Waals surface area contributed by atoms with Gasteiger partial charge in [0.15, 0.2) is 0 Å². The van der Waals surface area contributed by atoms with Crippen LogP contribution in [0.15, 0.2) is 66.0 Å². The van der Waals surface area contributed by atoms with Gasteiger partial charge in [0.2, 0.25) is 0 Å². The number of ether oxygens (including phenoxy) is 1. The third-order valence-electron chi connectivity index (χ3n) is 4.84. The number of thiazole rings is 1. The Balaban J connectivity index is 1.48. The Labute approximate surface area is 160 Å². The molecule has 1 aromatic heterocycles. The number of methoxy groups -OCH3 is 1. The number of hydrogen-bond donors (Lipinski definition) is 0. The highest BCUT2D eigenvalue weighted by atomic mass is 32.1. The number of amides is 1. The van der Waals surface area contributed by atoms with Gasteiger partial charge in [0, 0.05) is 21.9 Å². The maximum atomic E-state index is 12.9. The Morgan fingerprint density at radius 3 is 2.74 bits per heavy atom. The van der Waals surface area contributed by atoms with Crippen molar-refractivity contribution in [2.75, 3.05) is 12.0 Å². The number of carbonyl (C=O) groups is 1. The van der Waals surface area contributed by atoms with Crippen molar-refractivity contribution < 1.29 is 9.53 Å². The van der Waals surface area contributed by atoms with Gasteiger partial charge in [-0.25, -0.2) is 4.98 Å².